The van der Waals surface area contributed by atoms with Gasteiger partial charge in [0, 0.05) is 0 Å². The molecule has 0 radical (unpaired) electrons. The molecule has 1 N–H and O–H groups in total. The number of benzene rings is 2. The Balaban J connectivity index is 1.52. The zero-order valence-electron chi connectivity index (χ0n) is 13.7. The normalized spacial score (nSPS) is 22.8. The van der Waals surface area contributed by atoms with Gasteiger partial charge in [-0.15, -0.1) is 0 Å². The summed E-state index contributed by atoms with van der Waals surface area (Å²) in [6.07, 6.45) is 0.903. The molecular weight excluding hydrogens is 447 g/mol. The predicted molar refractivity (Wildman–Crippen MR) is 102 cm³/mol. The van der Waals surface area contributed by atoms with Crippen LogP contribution >= 0.6 is 11.8 Å². The van der Waals surface area contributed by atoms with Crippen molar-refractivity contribution in [3.8, 4) is 6.07 Å². The molecule has 0 spiro atoms. The molecule has 4 aliphatic rings. The molecule has 26 heavy (non-hydrogen) atoms. The zero-order valence-corrected chi connectivity index (χ0v) is 17.8. The molecule has 1 saturated heterocycles. The molecule has 2 aromatic rings. The van der Waals surface area contributed by atoms with Gasteiger partial charge in [0.05, 0.1) is 0 Å². The molecule has 0 aromatic heterocycles. The van der Waals surface area contributed by atoms with E-state index in [1.165, 1.54) is 31.8 Å². The number of nitrogens with zero attached hydrogens (tertiary/aromatic N) is 1. The van der Waals surface area contributed by atoms with Gasteiger partial charge in [-0.3, -0.25) is 0 Å². The summed E-state index contributed by atoms with van der Waals surface area (Å²) in [4.78, 5) is 23.9. The standard InChI is InChI=1S/C20H13N2O2S.In/c21-13-15-8-6-14(7-9-15)10-11-17(16-4-2-1-3-5-16)12-18-19(23)22-20(24)25-18;/h1-4,6-9,12,18H,10H2,(H,22,23,24);. The van der Waals surface area contributed by atoms with Crippen LogP contribution in [0.1, 0.15) is 16.7 Å². The molecule has 6 rings (SSSR count). The summed E-state index contributed by atoms with van der Waals surface area (Å²) >= 11 is -1.14. The summed E-state index contributed by atoms with van der Waals surface area (Å²) in [7, 11) is 0. The van der Waals surface area contributed by atoms with Crippen molar-refractivity contribution < 1.29 is 9.59 Å². The second-order valence-corrected chi connectivity index (χ2v) is 16.5. The Morgan fingerprint density at radius 3 is 2.54 bits per heavy atom. The molecule has 124 valence electrons. The fourth-order valence-corrected chi connectivity index (χ4v) is 19.0. The van der Waals surface area contributed by atoms with E-state index in [0.29, 0.717) is 9.24 Å². The summed E-state index contributed by atoms with van der Waals surface area (Å²) < 4.78 is 3.32. The van der Waals surface area contributed by atoms with Gasteiger partial charge >= 0.3 is 163 Å². The van der Waals surface area contributed by atoms with Crippen LogP contribution in [0.25, 0.3) is 5.57 Å². The number of hydrogen-bond acceptors (Lipinski definition) is 4. The molecular formula is C20H13InN2O2S. The van der Waals surface area contributed by atoms with Gasteiger partial charge in [0.15, 0.2) is 0 Å². The van der Waals surface area contributed by atoms with E-state index in [2.05, 4.69) is 35.7 Å². The van der Waals surface area contributed by atoms with Crippen LogP contribution in [0.5, 0.6) is 0 Å². The fourth-order valence-electron chi connectivity index (χ4n) is 4.47. The molecule has 1 fully saturated rings. The third kappa shape index (κ3) is 2.30. The first-order valence-corrected chi connectivity index (χ1v) is 14.6. The quantitative estimate of drug-likeness (QED) is 0.765. The first-order valence-electron chi connectivity index (χ1n) is 8.50. The Labute approximate surface area is 162 Å². The molecule has 2 bridgehead atoms. The third-order valence-electron chi connectivity index (χ3n) is 5.52. The summed E-state index contributed by atoms with van der Waals surface area (Å²) in [6.45, 7) is 0. The Bertz CT molecular complexity index is 1040. The van der Waals surface area contributed by atoms with Crippen LogP contribution in [0, 0.1) is 11.3 Å². The molecule has 4 aliphatic heterocycles. The van der Waals surface area contributed by atoms with Crippen LogP contribution in [0.4, 0.5) is 4.79 Å². The van der Waals surface area contributed by atoms with E-state index in [4.69, 9.17) is 5.26 Å². The average molecular weight is 460 g/mol. The molecule has 0 aliphatic carbocycles. The van der Waals surface area contributed by atoms with Gasteiger partial charge < -0.3 is 0 Å². The van der Waals surface area contributed by atoms with Crippen LogP contribution in [0.15, 0.2) is 51.9 Å². The van der Waals surface area contributed by atoms with Crippen molar-refractivity contribution in [1.82, 2.24) is 5.32 Å². The van der Waals surface area contributed by atoms with Gasteiger partial charge in [-0.05, 0) is 0 Å². The van der Waals surface area contributed by atoms with Crippen molar-refractivity contribution in [1.29, 1.82) is 5.26 Å². The van der Waals surface area contributed by atoms with Gasteiger partial charge in [-0.1, -0.05) is 0 Å². The number of imide groups is 1. The van der Waals surface area contributed by atoms with Gasteiger partial charge in [0.2, 0.25) is 0 Å². The number of thioether (sulfide) groups is 1. The second-order valence-electron chi connectivity index (χ2n) is 6.83. The zero-order chi connectivity index (χ0) is 17.8. The summed E-state index contributed by atoms with van der Waals surface area (Å²) in [6, 6.07) is 18.5. The van der Waals surface area contributed by atoms with Crippen LogP contribution in [0.2, 0.25) is 3.67 Å². The van der Waals surface area contributed by atoms with Crippen LogP contribution in [-0.2, 0) is 11.2 Å². The Hall–Kier alpha value is -1.97. The number of nitrogens with one attached hydrogen (secondary N) is 1. The predicted octanol–water partition coefficient (Wildman–Crippen LogP) is 2.54. The van der Waals surface area contributed by atoms with Crippen molar-refractivity contribution in [2.75, 3.05) is 0 Å². The summed E-state index contributed by atoms with van der Waals surface area (Å²) in [5.41, 5.74) is 4.53. The van der Waals surface area contributed by atoms with E-state index in [9.17, 15) is 9.59 Å². The number of carbonyl (C=O) groups excluding carboxylic acids is 2. The minimum absolute atomic E-state index is 0.116. The van der Waals surface area contributed by atoms with E-state index in [1.807, 2.05) is 24.3 Å². The maximum atomic E-state index is 12.3. The summed E-state index contributed by atoms with van der Waals surface area (Å²) in [5.74, 6) is -0.116. The first-order chi connectivity index (χ1) is 12.7. The molecule has 2 aromatic carbocycles. The van der Waals surface area contributed by atoms with E-state index in [0.717, 1.165) is 6.42 Å². The molecule has 6 heteroatoms. The van der Waals surface area contributed by atoms with Crippen molar-refractivity contribution >= 4 is 53.2 Å². The molecule has 4 heterocycles. The van der Waals surface area contributed by atoms with Crippen molar-refractivity contribution in [3.63, 3.8) is 0 Å². The second kappa shape index (κ2) is 6.04. The van der Waals surface area contributed by atoms with Crippen molar-refractivity contribution in [2.24, 2.45) is 0 Å². The average Bonchev–Trinajstić information content (AvgIpc) is 3.26. The Morgan fingerprint density at radius 2 is 1.88 bits per heavy atom. The first kappa shape index (κ1) is 16.2. The SMILES string of the molecule is N#Cc1ccc(C[C]2=C3c4cccc[c]4[In]2[CH]3C2SC(=O)NC2=O)cc1. The number of rotatable bonds is 3. The fraction of sp³-hybridized carbons (Fsp3) is 0.150. The number of hydrogen-bond donors (Lipinski definition) is 1. The van der Waals surface area contributed by atoms with Gasteiger partial charge in [0.1, 0.15) is 0 Å². The van der Waals surface area contributed by atoms with Crippen LogP contribution in [-0.4, -0.2) is 37.8 Å². The summed E-state index contributed by atoms with van der Waals surface area (Å²) in [5, 5.41) is 11.0. The minimum atomic E-state index is -2.31. The maximum absolute atomic E-state index is 12.3. The van der Waals surface area contributed by atoms with E-state index < -0.39 is 21.4 Å². The molecule has 2 unspecified atom stereocenters. The van der Waals surface area contributed by atoms with Crippen LogP contribution in [0.3, 0.4) is 0 Å². The number of amides is 2. The molecule has 4 nitrogen and oxygen atoms in total. The van der Waals surface area contributed by atoms with Gasteiger partial charge in [0.25, 0.3) is 0 Å². The van der Waals surface area contributed by atoms with E-state index in [-0.39, 0.29) is 16.4 Å². The molecule has 2 atom stereocenters. The molecule has 2 amide bonds. The Kier molecular flexibility index (Phi) is 3.77. The van der Waals surface area contributed by atoms with Crippen molar-refractivity contribution in [3.05, 3.63) is 68.6 Å². The third-order valence-corrected chi connectivity index (χ3v) is 18.5. The topological polar surface area (TPSA) is 70.0 Å². The van der Waals surface area contributed by atoms with Crippen molar-refractivity contribution in [2.45, 2.75) is 15.3 Å². The van der Waals surface area contributed by atoms with Gasteiger partial charge in [-0.25, -0.2) is 0 Å². The number of allylic oxidation sites excluding steroid dienone is 2. The van der Waals surface area contributed by atoms with Gasteiger partial charge in [-0.2, -0.15) is 0 Å². The van der Waals surface area contributed by atoms with Crippen LogP contribution < -0.4 is 8.64 Å². The van der Waals surface area contributed by atoms with E-state index >= 15 is 0 Å². The van der Waals surface area contributed by atoms with E-state index in [1.54, 1.807) is 3.33 Å². The Morgan fingerprint density at radius 1 is 1.12 bits per heavy atom. The number of nitriles is 1. The monoisotopic (exact) mass is 460 g/mol. The molecule has 0 saturated carbocycles. The number of carbonyl (C=O) groups is 2.